The third-order valence-corrected chi connectivity index (χ3v) is 4.57. The Labute approximate surface area is 127 Å². The highest BCUT2D eigenvalue weighted by Crippen LogP contribution is 2.24. The van der Waals surface area contributed by atoms with Gasteiger partial charge in [0.25, 0.3) is 0 Å². The van der Waals surface area contributed by atoms with E-state index < -0.39 is 0 Å². The zero-order valence-electron chi connectivity index (χ0n) is 14.3. The van der Waals surface area contributed by atoms with Crippen LogP contribution in [-0.2, 0) is 0 Å². The summed E-state index contributed by atoms with van der Waals surface area (Å²) in [7, 11) is 0. The molecule has 0 saturated carbocycles. The van der Waals surface area contributed by atoms with Crippen LogP contribution in [0.4, 0.5) is 0 Å². The lowest BCUT2D eigenvalue weighted by atomic mass is 9.92. The maximum atomic E-state index is 2.75. The molecular formula is C19H37N. The summed E-state index contributed by atoms with van der Waals surface area (Å²) in [5.74, 6) is 0. The molecule has 1 unspecified atom stereocenters. The molecule has 0 radical (unpaired) electrons. The molecule has 1 nitrogen and oxygen atoms in total. The molecule has 0 N–H and O–H groups in total. The first-order valence-electron chi connectivity index (χ1n) is 9.19. The fourth-order valence-electron chi connectivity index (χ4n) is 3.14. The Hall–Kier alpha value is -0.300. The largest absolute Gasteiger partial charge is 0.297 e. The van der Waals surface area contributed by atoms with Gasteiger partial charge >= 0.3 is 0 Å². The number of rotatable bonds is 13. The average Bonchev–Trinajstić information content (AvgIpc) is 2.41. The maximum Gasteiger partial charge on any atom is 0.0317 e. The monoisotopic (exact) mass is 279 g/mol. The normalized spacial score (nSPS) is 18.2. The molecule has 0 aliphatic heterocycles. The lowest BCUT2D eigenvalue weighted by Crippen LogP contribution is -2.39. The van der Waals surface area contributed by atoms with Crippen molar-refractivity contribution in [1.82, 2.24) is 4.90 Å². The van der Waals surface area contributed by atoms with Crippen molar-refractivity contribution in [3.8, 4) is 0 Å². The summed E-state index contributed by atoms with van der Waals surface area (Å²) in [6.07, 6.45) is 17.9. The van der Waals surface area contributed by atoms with Gasteiger partial charge in [-0.15, -0.1) is 0 Å². The van der Waals surface area contributed by atoms with Crippen molar-refractivity contribution in [3.63, 3.8) is 0 Å². The molecule has 0 amide bonds. The highest BCUT2D eigenvalue weighted by atomic mass is 15.2. The van der Waals surface area contributed by atoms with E-state index in [1.54, 1.807) is 5.57 Å². The quantitative estimate of drug-likeness (QED) is 0.297. The highest BCUT2D eigenvalue weighted by molar-refractivity contribution is 5.18. The van der Waals surface area contributed by atoms with Gasteiger partial charge in [0, 0.05) is 6.04 Å². The van der Waals surface area contributed by atoms with Crippen LogP contribution in [0, 0.1) is 0 Å². The van der Waals surface area contributed by atoms with Crippen LogP contribution in [0.15, 0.2) is 11.6 Å². The molecule has 118 valence electrons. The second-order valence-corrected chi connectivity index (χ2v) is 6.65. The average molecular weight is 280 g/mol. The molecule has 1 aliphatic carbocycles. The van der Waals surface area contributed by atoms with E-state index in [0.29, 0.717) is 0 Å². The van der Waals surface area contributed by atoms with Gasteiger partial charge in [0.2, 0.25) is 0 Å². The molecule has 1 aliphatic rings. The van der Waals surface area contributed by atoms with Crippen molar-refractivity contribution >= 4 is 0 Å². The molecule has 20 heavy (non-hydrogen) atoms. The predicted octanol–water partition coefficient (Wildman–Crippen LogP) is 5.95. The molecule has 0 bridgehead atoms. The van der Waals surface area contributed by atoms with Crippen molar-refractivity contribution in [2.75, 3.05) is 13.1 Å². The van der Waals surface area contributed by atoms with Crippen LogP contribution in [0.3, 0.4) is 0 Å². The first-order valence-corrected chi connectivity index (χ1v) is 9.19. The molecule has 0 aromatic carbocycles. The Morgan fingerprint density at radius 2 is 1.30 bits per heavy atom. The molecule has 0 spiro atoms. The van der Waals surface area contributed by atoms with Crippen LogP contribution in [-0.4, -0.2) is 24.0 Å². The van der Waals surface area contributed by atoms with Gasteiger partial charge in [-0.2, -0.15) is 0 Å². The third-order valence-electron chi connectivity index (χ3n) is 4.57. The zero-order valence-corrected chi connectivity index (χ0v) is 14.3. The summed E-state index contributed by atoms with van der Waals surface area (Å²) in [5.41, 5.74) is 1.59. The number of nitrogens with zero attached hydrogens (tertiary/aromatic N) is 1. The van der Waals surface area contributed by atoms with Crippen molar-refractivity contribution in [2.24, 2.45) is 0 Å². The lowest BCUT2D eigenvalue weighted by Gasteiger charge is -2.35. The van der Waals surface area contributed by atoms with Gasteiger partial charge in [-0.05, 0) is 39.3 Å². The highest BCUT2D eigenvalue weighted by Gasteiger charge is 2.22. The fraction of sp³-hybridized carbons (Fsp3) is 0.895. The summed E-state index contributed by atoms with van der Waals surface area (Å²) in [6, 6.07) is 0.771. The summed E-state index contributed by atoms with van der Waals surface area (Å²) < 4.78 is 0. The molecule has 0 aromatic rings. The van der Waals surface area contributed by atoms with E-state index in [-0.39, 0.29) is 0 Å². The summed E-state index contributed by atoms with van der Waals surface area (Å²) in [6.45, 7) is 9.52. The molecule has 0 fully saturated rings. The molecule has 0 heterocycles. The van der Waals surface area contributed by atoms with Crippen LogP contribution >= 0.6 is 0 Å². The first kappa shape index (κ1) is 17.8. The number of hydrogen-bond acceptors (Lipinski definition) is 1. The minimum atomic E-state index is 0.771. The summed E-state index contributed by atoms with van der Waals surface area (Å²) in [5, 5.41) is 0. The van der Waals surface area contributed by atoms with Gasteiger partial charge in [0.1, 0.15) is 0 Å². The molecular weight excluding hydrogens is 242 g/mol. The second kappa shape index (κ2) is 11.4. The van der Waals surface area contributed by atoms with Gasteiger partial charge in [-0.25, -0.2) is 0 Å². The van der Waals surface area contributed by atoms with Crippen molar-refractivity contribution in [1.29, 1.82) is 0 Å². The Kier molecular flexibility index (Phi) is 10.1. The standard InChI is InChI=1S/C19H37N/c1-4-6-8-10-12-14-20(19-16-18(3)17-19)15-13-11-9-7-5-2/h16,19H,4-15,17H2,1-3H3. The van der Waals surface area contributed by atoms with Gasteiger partial charge in [0.05, 0.1) is 0 Å². The Morgan fingerprint density at radius 3 is 1.70 bits per heavy atom. The smallest absolute Gasteiger partial charge is 0.0317 e. The van der Waals surface area contributed by atoms with E-state index in [9.17, 15) is 0 Å². The topological polar surface area (TPSA) is 3.24 Å². The van der Waals surface area contributed by atoms with Crippen LogP contribution in [0.5, 0.6) is 0 Å². The van der Waals surface area contributed by atoms with Crippen molar-refractivity contribution in [2.45, 2.75) is 97.4 Å². The van der Waals surface area contributed by atoms with Crippen molar-refractivity contribution in [3.05, 3.63) is 11.6 Å². The molecule has 0 saturated heterocycles. The van der Waals surface area contributed by atoms with Gasteiger partial charge in [0.15, 0.2) is 0 Å². The van der Waals surface area contributed by atoms with Crippen LogP contribution in [0.1, 0.15) is 91.4 Å². The lowest BCUT2D eigenvalue weighted by molar-refractivity contribution is 0.203. The van der Waals surface area contributed by atoms with E-state index >= 15 is 0 Å². The Balaban J connectivity index is 2.15. The van der Waals surface area contributed by atoms with E-state index in [4.69, 9.17) is 0 Å². The first-order chi connectivity index (χ1) is 9.77. The third kappa shape index (κ3) is 7.47. The van der Waals surface area contributed by atoms with Gasteiger partial charge in [-0.1, -0.05) is 76.9 Å². The van der Waals surface area contributed by atoms with E-state index in [0.717, 1.165) is 6.04 Å². The molecule has 1 rings (SSSR count). The van der Waals surface area contributed by atoms with Crippen LogP contribution in [0.2, 0.25) is 0 Å². The van der Waals surface area contributed by atoms with Crippen LogP contribution in [0.25, 0.3) is 0 Å². The summed E-state index contributed by atoms with van der Waals surface area (Å²) in [4.78, 5) is 2.75. The molecule has 1 heteroatoms. The maximum absolute atomic E-state index is 2.75. The van der Waals surface area contributed by atoms with Crippen LogP contribution < -0.4 is 0 Å². The second-order valence-electron chi connectivity index (χ2n) is 6.65. The van der Waals surface area contributed by atoms with E-state index in [1.807, 2.05) is 0 Å². The van der Waals surface area contributed by atoms with Gasteiger partial charge in [-0.3, -0.25) is 4.90 Å². The minimum Gasteiger partial charge on any atom is -0.297 e. The fourth-order valence-corrected chi connectivity index (χ4v) is 3.14. The number of unbranched alkanes of at least 4 members (excludes halogenated alkanes) is 8. The molecule has 0 aromatic heterocycles. The number of hydrogen-bond donors (Lipinski definition) is 0. The van der Waals surface area contributed by atoms with Crippen molar-refractivity contribution < 1.29 is 0 Å². The minimum absolute atomic E-state index is 0.771. The van der Waals surface area contributed by atoms with E-state index in [2.05, 4.69) is 31.7 Å². The van der Waals surface area contributed by atoms with Gasteiger partial charge < -0.3 is 0 Å². The predicted molar refractivity (Wildman–Crippen MR) is 91.3 cm³/mol. The summed E-state index contributed by atoms with van der Waals surface area (Å²) >= 11 is 0. The zero-order chi connectivity index (χ0) is 14.6. The molecule has 1 atom stereocenters. The Morgan fingerprint density at radius 1 is 0.850 bits per heavy atom. The SMILES string of the molecule is CCCCCCCN(CCCCCCC)C1C=C(C)C1. The Bertz CT molecular complexity index is 242. The van der Waals surface area contributed by atoms with E-state index in [1.165, 1.54) is 83.7 Å².